The van der Waals surface area contributed by atoms with Crippen molar-refractivity contribution in [2.24, 2.45) is 16.7 Å². The van der Waals surface area contributed by atoms with Gasteiger partial charge in [0.05, 0.1) is 0 Å². The molecule has 0 N–H and O–H groups in total. The molecule has 1 heteroatoms. The molecule has 4 aliphatic rings. The molecule has 4 saturated carbocycles. The zero-order chi connectivity index (χ0) is 21.7. The van der Waals surface area contributed by atoms with Gasteiger partial charge in [-0.25, -0.2) is 0 Å². The summed E-state index contributed by atoms with van der Waals surface area (Å²) in [6.45, 7) is 4.68. The Morgan fingerprint density at radius 3 is 2.06 bits per heavy atom. The molecule has 0 aromatic heterocycles. The average molecular weight is 488 g/mol. The molecule has 31 heavy (non-hydrogen) atoms. The monoisotopic (exact) mass is 486 g/mol. The summed E-state index contributed by atoms with van der Waals surface area (Å²) in [4.78, 5) is 0.767. The third-order valence-corrected chi connectivity index (χ3v) is 11.2. The number of rotatable bonds is 10. The van der Waals surface area contributed by atoms with E-state index in [0.29, 0.717) is 5.41 Å². The van der Waals surface area contributed by atoms with Gasteiger partial charge >= 0.3 is 0 Å². The highest BCUT2D eigenvalue weighted by Gasteiger charge is 2.51. The van der Waals surface area contributed by atoms with Crippen LogP contribution in [-0.4, -0.2) is 4.83 Å². The fourth-order valence-corrected chi connectivity index (χ4v) is 8.69. The Balaban J connectivity index is 1.23. The van der Waals surface area contributed by atoms with E-state index in [0.717, 1.165) is 22.1 Å². The molecule has 0 radical (unpaired) electrons. The molecule has 2 bridgehead atoms. The lowest BCUT2D eigenvalue weighted by Gasteiger charge is -2.56. The smallest absolute Gasteiger partial charge is 0.0204 e. The van der Waals surface area contributed by atoms with E-state index in [1.165, 1.54) is 115 Å². The zero-order valence-electron chi connectivity index (χ0n) is 20.4. The fraction of sp³-hybridized carbons (Fsp3) is 0.800. The van der Waals surface area contributed by atoms with Crippen molar-refractivity contribution in [2.75, 3.05) is 0 Å². The van der Waals surface area contributed by atoms with Gasteiger partial charge in [-0.3, -0.25) is 0 Å². The van der Waals surface area contributed by atoms with Gasteiger partial charge in [0.1, 0.15) is 0 Å². The topological polar surface area (TPSA) is 0 Å². The molecule has 0 aliphatic heterocycles. The Bertz CT molecular complexity index is 642. The van der Waals surface area contributed by atoms with E-state index >= 15 is 0 Å². The van der Waals surface area contributed by atoms with Crippen LogP contribution in [-0.2, 0) is 6.42 Å². The van der Waals surface area contributed by atoms with Crippen LogP contribution in [0, 0.1) is 16.7 Å². The molecule has 4 fully saturated rings. The molecule has 0 nitrogen and oxygen atoms in total. The second-order valence-electron chi connectivity index (χ2n) is 11.7. The molecule has 1 atom stereocenters. The Morgan fingerprint density at radius 1 is 0.839 bits per heavy atom. The first-order valence-electron chi connectivity index (χ1n) is 13.8. The SMILES string of the molecule is CCCCCc1ccc([C@H]2CC[C@H](CC(Br)C34CCC(CCC)(CC3)CC4)CC2)cc1. The fourth-order valence-electron chi connectivity index (χ4n) is 7.48. The van der Waals surface area contributed by atoms with Crippen LogP contribution in [0.15, 0.2) is 24.3 Å². The second kappa shape index (κ2) is 10.8. The number of fused-ring (bicyclic) bond motifs is 3. The maximum absolute atomic E-state index is 4.27. The van der Waals surface area contributed by atoms with E-state index in [1.807, 2.05) is 0 Å². The number of hydrogen-bond donors (Lipinski definition) is 0. The maximum atomic E-state index is 4.27. The van der Waals surface area contributed by atoms with Crippen LogP contribution in [0.2, 0.25) is 0 Å². The van der Waals surface area contributed by atoms with E-state index < -0.39 is 0 Å². The molecule has 4 aliphatic carbocycles. The maximum Gasteiger partial charge on any atom is 0.0204 e. The quantitative estimate of drug-likeness (QED) is 0.227. The lowest BCUT2D eigenvalue weighted by atomic mass is 9.51. The molecular formula is C30H47Br. The molecule has 0 spiro atoms. The average Bonchev–Trinajstić information content (AvgIpc) is 2.81. The molecule has 0 heterocycles. The van der Waals surface area contributed by atoms with Gasteiger partial charge in [-0.05, 0) is 124 Å². The minimum Gasteiger partial charge on any atom is -0.0885 e. The number of alkyl halides is 1. The van der Waals surface area contributed by atoms with Gasteiger partial charge in [-0.1, -0.05) is 73.3 Å². The third-order valence-electron chi connectivity index (χ3n) is 9.81. The first-order valence-corrected chi connectivity index (χ1v) is 14.7. The first-order chi connectivity index (χ1) is 15.1. The largest absolute Gasteiger partial charge is 0.0885 e. The van der Waals surface area contributed by atoms with E-state index in [4.69, 9.17) is 0 Å². The Labute approximate surface area is 201 Å². The summed E-state index contributed by atoms with van der Waals surface area (Å²) in [5.74, 6) is 1.76. The third kappa shape index (κ3) is 5.62. The highest BCUT2D eigenvalue weighted by atomic mass is 79.9. The summed E-state index contributed by atoms with van der Waals surface area (Å²) in [7, 11) is 0. The zero-order valence-corrected chi connectivity index (χ0v) is 22.0. The minimum absolute atomic E-state index is 0.639. The van der Waals surface area contributed by atoms with E-state index in [2.05, 4.69) is 54.0 Å². The standard InChI is InChI=1S/C30H47Br/c1-3-5-6-7-24-8-12-26(13-9-24)27-14-10-25(11-15-27)23-28(31)30-20-17-29(16-4-2,18-21-30)19-22-30/h8-9,12-13,25,27-28H,3-7,10-11,14-23H2,1-2H3/t25-,27-,28?,29?,30?. The number of benzene rings is 1. The van der Waals surface area contributed by atoms with Crippen molar-refractivity contribution in [3.63, 3.8) is 0 Å². The molecular weight excluding hydrogens is 440 g/mol. The van der Waals surface area contributed by atoms with Crippen LogP contribution >= 0.6 is 15.9 Å². The van der Waals surface area contributed by atoms with Gasteiger partial charge in [0.15, 0.2) is 0 Å². The summed E-state index contributed by atoms with van der Waals surface area (Å²) in [5, 5.41) is 0. The van der Waals surface area contributed by atoms with Crippen LogP contribution in [0.25, 0.3) is 0 Å². The number of unbranched alkanes of at least 4 members (excludes halogenated alkanes) is 2. The number of halogens is 1. The highest BCUT2D eigenvalue weighted by molar-refractivity contribution is 9.09. The molecule has 5 rings (SSSR count). The van der Waals surface area contributed by atoms with Crippen molar-refractivity contribution in [3.05, 3.63) is 35.4 Å². The van der Waals surface area contributed by atoms with E-state index in [1.54, 1.807) is 5.56 Å². The van der Waals surface area contributed by atoms with Gasteiger partial charge in [-0.2, -0.15) is 0 Å². The number of aryl methyl sites for hydroxylation is 1. The molecule has 0 saturated heterocycles. The Kier molecular flexibility index (Phi) is 8.27. The van der Waals surface area contributed by atoms with Crippen molar-refractivity contribution in [1.82, 2.24) is 0 Å². The summed E-state index contributed by atoms with van der Waals surface area (Å²) in [6.07, 6.45) is 24.4. The molecule has 0 amide bonds. The van der Waals surface area contributed by atoms with E-state index in [9.17, 15) is 0 Å². The van der Waals surface area contributed by atoms with Crippen LogP contribution in [0.4, 0.5) is 0 Å². The van der Waals surface area contributed by atoms with Gasteiger partial charge in [0.25, 0.3) is 0 Å². The van der Waals surface area contributed by atoms with Gasteiger partial charge < -0.3 is 0 Å². The predicted molar refractivity (Wildman–Crippen MR) is 139 cm³/mol. The van der Waals surface area contributed by atoms with Gasteiger partial charge in [-0.15, -0.1) is 0 Å². The molecule has 1 aromatic carbocycles. The summed E-state index contributed by atoms with van der Waals surface area (Å²) >= 11 is 4.27. The molecule has 1 unspecified atom stereocenters. The van der Waals surface area contributed by atoms with Crippen molar-refractivity contribution in [2.45, 2.75) is 134 Å². The first kappa shape index (κ1) is 23.8. The molecule has 174 valence electrons. The van der Waals surface area contributed by atoms with Gasteiger partial charge in [0.2, 0.25) is 0 Å². The summed E-state index contributed by atoms with van der Waals surface area (Å²) in [6, 6.07) is 9.72. The molecule has 1 aromatic rings. The summed E-state index contributed by atoms with van der Waals surface area (Å²) < 4.78 is 0. The van der Waals surface area contributed by atoms with Crippen LogP contribution in [0.3, 0.4) is 0 Å². The minimum atomic E-state index is 0.639. The second-order valence-corrected chi connectivity index (χ2v) is 12.8. The van der Waals surface area contributed by atoms with Crippen LogP contribution in [0.5, 0.6) is 0 Å². The Hall–Kier alpha value is -0.300. The van der Waals surface area contributed by atoms with Gasteiger partial charge in [0, 0.05) is 4.83 Å². The van der Waals surface area contributed by atoms with Crippen molar-refractivity contribution < 1.29 is 0 Å². The predicted octanol–water partition coefficient (Wildman–Crippen LogP) is 9.99. The lowest BCUT2D eigenvalue weighted by molar-refractivity contribution is -0.0184. The van der Waals surface area contributed by atoms with Crippen LogP contribution < -0.4 is 0 Å². The van der Waals surface area contributed by atoms with Crippen molar-refractivity contribution in [3.8, 4) is 0 Å². The number of hydrogen-bond acceptors (Lipinski definition) is 0. The lowest BCUT2D eigenvalue weighted by Crippen LogP contribution is -2.46. The van der Waals surface area contributed by atoms with Crippen LogP contribution in [0.1, 0.15) is 134 Å². The summed E-state index contributed by atoms with van der Waals surface area (Å²) in [5.41, 5.74) is 4.53. The van der Waals surface area contributed by atoms with Crippen molar-refractivity contribution >= 4 is 15.9 Å². The Morgan fingerprint density at radius 2 is 1.48 bits per heavy atom. The highest BCUT2D eigenvalue weighted by Crippen LogP contribution is 2.62. The van der Waals surface area contributed by atoms with E-state index in [-0.39, 0.29) is 0 Å². The van der Waals surface area contributed by atoms with Crippen molar-refractivity contribution in [1.29, 1.82) is 0 Å². The normalized spacial score (nSPS) is 34.0.